The van der Waals surface area contributed by atoms with Crippen LogP contribution in [-0.2, 0) is 9.53 Å². The van der Waals surface area contributed by atoms with Gasteiger partial charge in [0.05, 0.1) is 4.88 Å². The van der Waals surface area contributed by atoms with Crippen LogP contribution in [0.2, 0.25) is 0 Å². The first-order chi connectivity index (χ1) is 8.72. The van der Waals surface area contributed by atoms with Gasteiger partial charge in [-0.15, -0.1) is 21.5 Å². The fraction of sp³-hybridized carbons (Fsp3) is 0.364. The van der Waals surface area contributed by atoms with E-state index in [-0.39, 0.29) is 17.3 Å². The molecular formula is C11H10N2O3S2. The number of esters is 1. The molecule has 0 saturated carbocycles. The van der Waals surface area contributed by atoms with E-state index in [0.29, 0.717) is 17.5 Å². The molecule has 0 aliphatic carbocycles. The second-order valence-electron chi connectivity index (χ2n) is 3.94. The van der Waals surface area contributed by atoms with Gasteiger partial charge in [-0.05, 0) is 30.1 Å². The highest BCUT2D eigenvalue weighted by Gasteiger charge is 2.34. The first-order valence-electron chi connectivity index (χ1n) is 5.47. The number of cyclic esters (lactones) is 1. The van der Waals surface area contributed by atoms with Crippen LogP contribution < -0.4 is 0 Å². The Morgan fingerprint density at radius 2 is 2.39 bits per heavy atom. The van der Waals surface area contributed by atoms with Gasteiger partial charge >= 0.3 is 5.97 Å². The maximum Gasteiger partial charge on any atom is 0.320 e. The van der Waals surface area contributed by atoms with Crippen molar-refractivity contribution in [3.63, 3.8) is 0 Å². The highest BCUT2D eigenvalue weighted by molar-refractivity contribution is 8.00. The molecule has 0 amide bonds. The third-order valence-corrected chi connectivity index (χ3v) is 4.40. The predicted octanol–water partition coefficient (Wildman–Crippen LogP) is 2.59. The molecule has 0 unspecified atom stereocenters. The van der Waals surface area contributed by atoms with Crippen molar-refractivity contribution in [3.8, 4) is 10.8 Å². The number of carbonyl (C=O) groups excluding carboxylic acids is 1. The summed E-state index contributed by atoms with van der Waals surface area (Å²) in [6.07, 6.45) is 0.648. The van der Waals surface area contributed by atoms with Crippen LogP contribution in [0.25, 0.3) is 10.8 Å². The van der Waals surface area contributed by atoms with E-state index in [2.05, 4.69) is 10.2 Å². The highest BCUT2D eigenvalue weighted by Crippen LogP contribution is 2.33. The normalized spacial score (nSPS) is 23.3. The van der Waals surface area contributed by atoms with Crippen LogP contribution >= 0.6 is 23.1 Å². The van der Waals surface area contributed by atoms with Crippen LogP contribution in [0.1, 0.15) is 13.3 Å². The molecule has 3 rings (SSSR count). The molecule has 1 saturated heterocycles. The highest BCUT2D eigenvalue weighted by atomic mass is 32.2. The maximum absolute atomic E-state index is 11.5. The van der Waals surface area contributed by atoms with Gasteiger partial charge in [-0.2, -0.15) is 0 Å². The Morgan fingerprint density at radius 3 is 3.06 bits per heavy atom. The summed E-state index contributed by atoms with van der Waals surface area (Å²) in [4.78, 5) is 12.4. The molecule has 18 heavy (non-hydrogen) atoms. The fourth-order valence-corrected chi connectivity index (χ4v) is 3.32. The SMILES string of the molecule is C[C@@H]1C[C@@H](Sc2nnc(-c3cccs3)o2)C(=O)O1. The zero-order valence-electron chi connectivity index (χ0n) is 9.53. The molecule has 3 heterocycles. The van der Waals surface area contributed by atoms with E-state index in [0.717, 1.165) is 4.88 Å². The van der Waals surface area contributed by atoms with Crippen molar-refractivity contribution < 1.29 is 13.9 Å². The van der Waals surface area contributed by atoms with Gasteiger partial charge in [0, 0.05) is 6.42 Å². The topological polar surface area (TPSA) is 65.2 Å². The smallest absolute Gasteiger partial charge is 0.320 e. The van der Waals surface area contributed by atoms with Crippen LogP contribution in [0.3, 0.4) is 0 Å². The Hall–Kier alpha value is -1.34. The molecule has 1 fully saturated rings. The first kappa shape index (κ1) is 11.7. The molecule has 0 radical (unpaired) electrons. The van der Waals surface area contributed by atoms with Gasteiger partial charge in [0.2, 0.25) is 0 Å². The van der Waals surface area contributed by atoms with Crippen molar-refractivity contribution in [2.45, 2.75) is 29.9 Å². The molecule has 2 aromatic rings. The molecule has 7 heteroatoms. The molecule has 5 nitrogen and oxygen atoms in total. The standard InChI is InChI=1S/C11H10N2O3S2/c1-6-5-8(10(14)15-6)18-11-13-12-9(16-11)7-3-2-4-17-7/h2-4,6,8H,5H2,1H3/t6-,8-/m1/s1. The number of ether oxygens (including phenoxy) is 1. The van der Waals surface area contributed by atoms with Crippen LogP contribution in [0, 0.1) is 0 Å². The minimum absolute atomic E-state index is 0.0327. The van der Waals surface area contributed by atoms with Gasteiger partial charge in [0.15, 0.2) is 0 Å². The average molecular weight is 282 g/mol. The molecule has 0 aromatic carbocycles. The summed E-state index contributed by atoms with van der Waals surface area (Å²) in [6.45, 7) is 1.88. The van der Waals surface area contributed by atoms with Crippen molar-refractivity contribution >= 4 is 29.1 Å². The summed E-state index contributed by atoms with van der Waals surface area (Å²) in [7, 11) is 0. The first-order valence-corrected chi connectivity index (χ1v) is 7.23. The number of thioether (sulfide) groups is 1. The van der Waals surface area contributed by atoms with Gasteiger partial charge in [-0.25, -0.2) is 0 Å². The third kappa shape index (κ3) is 2.28. The van der Waals surface area contributed by atoms with Gasteiger partial charge in [-0.1, -0.05) is 6.07 Å². The lowest BCUT2D eigenvalue weighted by Crippen LogP contribution is -2.09. The van der Waals surface area contributed by atoms with Crippen molar-refractivity contribution in [2.75, 3.05) is 0 Å². The minimum Gasteiger partial charge on any atom is -0.462 e. The summed E-state index contributed by atoms with van der Waals surface area (Å²) in [5, 5.41) is 10.0. The Morgan fingerprint density at radius 1 is 1.50 bits per heavy atom. The second kappa shape index (κ2) is 4.74. The van der Waals surface area contributed by atoms with Gasteiger partial charge in [0.1, 0.15) is 11.4 Å². The monoisotopic (exact) mass is 282 g/mol. The Balaban J connectivity index is 1.73. The number of rotatable bonds is 3. The van der Waals surface area contributed by atoms with Crippen LogP contribution in [0.15, 0.2) is 27.2 Å². The number of carbonyl (C=O) groups is 1. The predicted molar refractivity (Wildman–Crippen MR) is 67.4 cm³/mol. The number of nitrogens with zero attached hydrogens (tertiary/aromatic N) is 2. The Labute approximate surface area is 112 Å². The van der Waals surface area contributed by atoms with E-state index in [4.69, 9.17) is 9.15 Å². The average Bonchev–Trinajstić information content (AvgIpc) is 3.02. The van der Waals surface area contributed by atoms with Crippen molar-refractivity contribution in [3.05, 3.63) is 17.5 Å². The summed E-state index contributed by atoms with van der Waals surface area (Å²) >= 11 is 2.81. The van der Waals surface area contributed by atoms with Crippen LogP contribution in [0.5, 0.6) is 0 Å². The fourth-order valence-electron chi connectivity index (χ4n) is 1.70. The number of hydrogen-bond acceptors (Lipinski definition) is 7. The molecule has 0 bridgehead atoms. The third-order valence-electron chi connectivity index (χ3n) is 2.51. The Bertz CT molecular complexity index is 552. The number of thiophene rings is 1. The quantitative estimate of drug-likeness (QED) is 0.806. The van der Waals surface area contributed by atoms with E-state index in [1.54, 1.807) is 0 Å². The van der Waals surface area contributed by atoms with E-state index in [9.17, 15) is 4.79 Å². The second-order valence-corrected chi connectivity index (χ2v) is 6.04. The van der Waals surface area contributed by atoms with Crippen molar-refractivity contribution in [1.29, 1.82) is 0 Å². The van der Waals surface area contributed by atoms with Gasteiger partial charge in [-0.3, -0.25) is 4.79 Å². The van der Waals surface area contributed by atoms with Crippen molar-refractivity contribution in [1.82, 2.24) is 10.2 Å². The zero-order valence-corrected chi connectivity index (χ0v) is 11.2. The van der Waals surface area contributed by atoms with Crippen molar-refractivity contribution in [2.24, 2.45) is 0 Å². The molecule has 2 aromatic heterocycles. The summed E-state index contributed by atoms with van der Waals surface area (Å²) in [5.74, 6) is 0.287. The van der Waals surface area contributed by atoms with E-state index in [1.807, 2.05) is 24.4 Å². The van der Waals surface area contributed by atoms with Gasteiger partial charge < -0.3 is 9.15 Å². The van der Waals surface area contributed by atoms with E-state index < -0.39 is 0 Å². The van der Waals surface area contributed by atoms with Crippen LogP contribution in [0.4, 0.5) is 0 Å². The number of hydrogen-bond donors (Lipinski definition) is 0. The largest absolute Gasteiger partial charge is 0.462 e. The summed E-state index contributed by atoms with van der Waals surface area (Å²) in [6, 6.07) is 3.84. The lowest BCUT2D eigenvalue weighted by molar-refractivity contribution is -0.140. The number of aromatic nitrogens is 2. The summed E-state index contributed by atoms with van der Waals surface area (Å²) < 4.78 is 10.6. The van der Waals surface area contributed by atoms with E-state index in [1.165, 1.54) is 23.1 Å². The minimum atomic E-state index is -0.239. The molecule has 0 N–H and O–H groups in total. The molecule has 1 aliphatic rings. The van der Waals surface area contributed by atoms with Gasteiger partial charge in [0.25, 0.3) is 11.1 Å². The molecule has 94 valence electrons. The maximum atomic E-state index is 11.5. The molecule has 0 spiro atoms. The molecule has 1 aliphatic heterocycles. The zero-order chi connectivity index (χ0) is 12.5. The Kier molecular flexibility index (Phi) is 3.09. The molecule has 2 atom stereocenters. The molecular weight excluding hydrogens is 272 g/mol. The van der Waals surface area contributed by atoms with Crippen LogP contribution in [-0.4, -0.2) is 27.5 Å². The lowest BCUT2D eigenvalue weighted by Gasteiger charge is -1.98. The van der Waals surface area contributed by atoms with E-state index >= 15 is 0 Å². The summed E-state index contributed by atoms with van der Waals surface area (Å²) in [5.41, 5.74) is 0. The lowest BCUT2D eigenvalue weighted by atomic mass is 10.3.